The molecule has 0 N–H and O–H groups in total. The fourth-order valence-corrected chi connectivity index (χ4v) is 1.44. The van der Waals surface area contributed by atoms with Crippen LogP contribution in [0.1, 0.15) is 22.3 Å². The highest BCUT2D eigenvalue weighted by Crippen LogP contribution is 2.07. The lowest BCUT2D eigenvalue weighted by Crippen LogP contribution is -2.04. The maximum Gasteiger partial charge on any atom is 0.337 e. The lowest BCUT2D eigenvalue weighted by atomic mass is 10.1. The third-order valence-corrected chi connectivity index (χ3v) is 2.48. The van der Waals surface area contributed by atoms with Crippen LogP contribution in [0.5, 0.6) is 0 Å². The minimum Gasteiger partial charge on any atom is -0.465 e. The van der Waals surface area contributed by atoms with Gasteiger partial charge < -0.3 is 14.2 Å². The zero-order valence-electron chi connectivity index (χ0n) is 11.6. The van der Waals surface area contributed by atoms with E-state index < -0.39 is 11.9 Å². The van der Waals surface area contributed by atoms with Gasteiger partial charge in [-0.1, -0.05) is 12.1 Å². The van der Waals surface area contributed by atoms with Crippen molar-refractivity contribution >= 4 is 18.0 Å². The van der Waals surface area contributed by atoms with E-state index in [-0.39, 0.29) is 0 Å². The van der Waals surface area contributed by atoms with Gasteiger partial charge in [0.15, 0.2) is 0 Å². The van der Waals surface area contributed by atoms with Crippen molar-refractivity contribution in [1.82, 2.24) is 0 Å². The van der Waals surface area contributed by atoms with Gasteiger partial charge in [-0.2, -0.15) is 0 Å². The molecule has 108 valence electrons. The third kappa shape index (κ3) is 5.67. The van der Waals surface area contributed by atoms with Crippen molar-refractivity contribution in [2.24, 2.45) is 0 Å². The average Bonchev–Trinajstić information content (AvgIpc) is 2.49. The Kier molecular flexibility index (Phi) is 7.06. The van der Waals surface area contributed by atoms with Crippen LogP contribution in [0.25, 0.3) is 6.08 Å². The fourth-order valence-electron chi connectivity index (χ4n) is 1.44. The number of rotatable bonds is 7. The van der Waals surface area contributed by atoms with Crippen LogP contribution in [0.4, 0.5) is 0 Å². The number of hydrogen-bond acceptors (Lipinski definition) is 5. The third-order valence-electron chi connectivity index (χ3n) is 2.48. The molecule has 1 rings (SSSR count). The number of carbonyl (C=O) groups is 2. The van der Waals surface area contributed by atoms with Gasteiger partial charge in [-0.3, -0.25) is 0 Å². The number of esters is 2. The van der Waals surface area contributed by atoms with Gasteiger partial charge in [0.25, 0.3) is 0 Å². The molecule has 0 bridgehead atoms. The largest absolute Gasteiger partial charge is 0.465 e. The molecule has 0 fully saturated rings. The molecule has 0 amide bonds. The van der Waals surface area contributed by atoms with Gasteiger partial charge in [0, 0.05) is 26.2 Å². The molecule has 20 heavy (non-hydrogen) atoms. The molecule has 0 aliphatic carbocycles. The standard InChI is InChI=1S/C15H18O5/c1-18-10-3-11-20-14(16)9-6-12-4-7-13(8-5-12)15(17)19-2/h4-9H,3,10-11H2,1-2H3. The Labute approximate surface area is 118 Å². The van der Waals surface area contributed by atoms with E-state index in [2.05, 4.69) is 4.74 Å². The molecule has 0 aliphatic heterocycles. The van der Waals surface area contributed by atoms with E-state index in [1.54, 1.807) is 37.5 Å². The number of ether oxygens (including phenoxy) is 3. The highest BCUT2D eigenvalue weighted by Gasteiger charge is 2.03. The van der Waals surface area contributed by atoms with Crippen molar-refractivity contribution in [2.75, 3.05) is 27.4 Å². The summed E-state index contributed by atoms with van der Waals surface area (Å²) in [5.74, 6) is -0.795. The predicted molar refractivity (Wildman–Crippen MR) is 74.3 cm³/mol. The topological polar surface area (TPSA) is 61.8 Å². The lowest BCUT2D eigenvalue weighted by Gasteiger charge is -2.01. The Morgan fingerprint density at radius 2 is 1.80 bits per heavy atom. The van der Waals surface area contributed by atoms with Gasteiger partial charge in [-0.25, -0.2) is 9.59 Å². The summed E-state index contributed by atoms with van der Waals surface area (Å²) < 4.78 is 14.4. The Hall–Kier alpha value is -2.14. The summed E-state index contributed by atoms with van der Waals surface area (Å²) in [6.07, 6.45) is 3.64. The van der Waals surface area contributed by atoms with Crippen LogP contribution in [0.3, 0.4) is 0 Å². The summed E-state index contributed by atoms with van der Waals surface area (Å²) in [7, 11) is 2.93. The second-order valence-corrected chi connectivity index (χ2v) is 3.96. The van der Waals surface area contributed by atoms with E-state index in [0.29, 0.717) is 25.2 Å². The summed E-state index contributed by atoms with van der Waals surface area (Å²) in [6.45, 7) is 0.893. The van der Waals surface area contributed by atoms with Crippen LogP contribution < -0.4 is 0 Å². The summed E-state index contributed by atoms with van der Waals surface area (Å²) in [5.41, 5.74) is 1.26. The fraction of sp³-hybridized carbons (Fsp3) is 0.333. The van der Waals surface area contributed by atoms with E-state index in [1.165, 1.54) is 13.2 Å². The van der Waals surface area contributed by atoms with Crippen LogP contribution in [-0.2, 0) is 19.0 Å². The first-order valence-electron chi connectivity index (χ1n) is 6.19. The predicted octanol–water partition coefficient (Wildman–Crippen LogP) is 2.07. The van der Waals surface area contributed by atoms with Gasteiger partial charge in [0.1, 0.15) is 0 Å². The summed E-state index contributed by atoms with van der Waals surface area (Å²) in [4.78, 5) is 22.6. The lowest BCUT2D eigenvalue weighted by molar-refractivity contribution is -0.138. The molecule has 0 aromatic heterocycles. The molecule has 0 radical (unpaired) electrons. The quantitative estimate of drug-likeness (QED) is 0.434. The highest BCUT2D eigenvalue weighted by molar-refractivity contribution is 5.90. The van der Waals surface area contributed by atoms with E-state index in [0.717, 1.165) is 5.56 Å². The minimum atomic E-state index is -0.404. The van der Waals surface area contributed by atoms with Crippen molar-refractivity contribution in [3.8, 4) is 0 Å². The smallest absolute Gasteiger partial charge is 0.337 e. The number of methoxy groups -OCH3 is 2. The molecule has 5 nitrogen and oxygen atoms in total. The summed E-state index contributed by atoms with van der Waals surface area (Å²) >= 11 is 0. The van der Waals surface area contributed by atoms with Crippen LogP contribution in [0, 0.1) is 0 Å². The van der Waals surface area contributed by atoms with Crippen molar-refractivity contribution < 1.29 is 23.8 Å². The van der Waals surface area contributed by atoms with Crippen LogP contribution >= 0.6 is 0 Å². The molecular formula is C15H18O5. The molecular weight excluding hydrogens is 260 g/mol. The number of benzene rings is 1. The average molecular weight is 278 g/mol. The Morgan fingerprint density at radius 3 is 2.40 bits per heavy atom. The molecule has 1 aromatic carbocycles. The Balaban J connectivity index is 2.45. The molecule has 0 saturated heterocycles. The maximum absolute atomic E-state index is 11.4. The molecule has 5 heteroatoms. The van der Waals surface area contributed by atoms with Gasteiger partial charge >= 0.3 is 11.9 Å². The van der Waals surface area contributed by atoms with E-state index in [1.807, 2.05) is 0 Å². The first-order valence-corrected chi connectivity index (χ1v) is 6.19. The second-order valence-electron chi connectivity index (χ2n) is 3.96. The van der Waals surface area contributed by atoms with Crippen LogP contribution in [-0.4, -0.2) is 39.4 Å². The molecule has 1 aromatic rings. The molecule has 0 heterocycles. The monoisotopic (exact) mass is 278 g/mol. The van der Waals surface area contributed by atoms with Gasteiger partial charge in [-0.05, 0) is 23.8 Å². The normalized spacial score (nSPS) is 10.5. The number of hydrogen-bond donors (Lipinski definition) is 0. The van der Waals surface area contributed by atoms with Crippen molar-refractivity contribution in [3.63, 3.8) is 0 Å². The zero-order chi connectivity index (χ0) is 14.8. The molecule has 0 saturated carbocycles. The van der Waals surface area contributed by atoms with Gasteiger partial charge in [-0.15, -0.1) is 0 Å². The highest BCUT2D eigenvalue weighted by atomic mass is 16.5. The Morgan fingerprint density at radius 1 is 1.10 bits per heavy atom. The molecule has 0 aliphatic rings. The second kappa shape index (κ2) is 8.87. The van der Waals surface area contributed by atoms with Crippen LogP contribution in [0.2, 0.25) is 0 Å². The molecule has 0 spiro atoms. The molecule has 0 unspecified atom stereocenters. The van der Waals surface area contributed by atoms with E-state index in [4.69, 9.17) is 9.47 Å². The van der Waals surface area contributed by atoms with Crippen molar-refractivity contribution in [1.29, 1.82) is 0 Å². The Bertz CT molecular complexity index is 462. The first kappa shape index (κ1) is 15.9. The minimum absolute atomic E-state index is 0.332. The number of carbonyl (C=O) groups excluding carboxylic acids is 2. The summed E-state index contributed by atoms with van der Waals surface area (Å²) in [6, 6.07) is 6.72. The zero-order valence-corrected chi connectivity index (χ0v) is 11.6. The van der Waals surface area contributed by atoms with Crippen molar-refractivity contribution in [3.05, 3.63) is 41.5 Å². The van der Waals surface area contributed by atoms with Gasteiger partial charge in [0.05, 0.1) is 19.3 Å². The van der Waals surface area contributed by atoms with E-state index in [9.17, 15) is 9.59 Å². The summed E-state index contributed by atoms with van der Waals surface area (Å²) in [5, 5.41) is 0. The van der Waals surface area contributed by atoms with Crippen molar-refractivity contribution in [2.45, 2.75) is 6.42 Å². The van der Waals surface area contributed by atoms with Crippen LogP contribution in [0.15, 0.2) is 30.3 Å². The van der Waals surface area contributed by atoms with Gasteiger partial charge in [0.2, 0.25) is 0 Å². The van der Waals surface area contributed by atoms with E-state index >= 15 is 0 Å². The SMILES string of the molecule is COCCCOC(=O)C=Cc1ccc(C(=O)OC)cc1. The molecule has 0 atom stereocenters. The maximum atomic E-state index is 11.4. The first-order chi connectivity index (χ1) is 9.67.